The molecule has 3 saturated carbocycles. The van der Waals surface area contributed by atoms with Gasteiger partial charge in [0.05, 0.1) is 0 Å². The van der Waals surface area contributed by atoms with Crippen LogP contribution in [0.15, 0.2) is 11.3 Å². The number of ether oxygens (including phenoxy) is 1. The smallest absolute Gasteiger partial charge is 0.302 e. The van der Waals surface area contributed by atoms with Gasteiger partial charge in [0.1, 0.15) is 6.10 Å². The van der Waals surface area contributed by atoms with Crippen LogP contribution in [0.25, 0.3) is 0 Å². The van der Waals surface area contributed by atoms with E-state index in [0.717, 1.165) is 36.2 Å². The Labute approximate surface area is 207 Å². The molecule has 34 heavy (non-hydrogen) atoms. The fourth-order valence-electron chi connectivity index (χ4n) is 9.29. The van der Waals surface area contributed by atoms with Gasteiger partial charge >= 0.3 is 5.97 Å². The highest BCUT2D eigenvalue weighted by Crippen LogP contribution is 2.68. The lowest BCUT2D eigenvalue weighted by atomic mass is 9.46. The van der Waals surface area contributed by atoms with Crippen molar-refractivity contribution in [3.05, 3.63) is 16.5 Å². The van der Waals surface area contributed by atoms with Crippen LogP contribution in [0.1, 0.15) is 112 Å². The molecule has 0 radical (unpaired) electrons. The number of carbonyl (C=O) groups excluding carboxylic acids is 1. The summed E-state index contributed by atoms with van der Waals surface area (Å²) in [6.45, 7) is 13.5. The predicted octanol–water partition coefficient (Wildman–Crippen LogP) is 7.48. The van der Waals surface area contributed by atoms with E-state index in [1.165, 1.54) is 51.9 Å². The molecule has 1 N–H and O–H groups in total. The van der Waals surface area contributed by atoms with Gasteiger partial charge in [0.15, 0.2) is 0 Å². The van der Waals surface area contributed by atoms with E-state index in [4.69, 9.17) is 4.74 Å². The van der Waals surface area contributed by atoms with Crippen molar-refractivity contribution in [2.24, 2.45) is 46.3 Å². The lowest BCUT2D eigenvalue weighted by Crippen LogP contribution is -2.52. The Morgan fingerprint density at radius 1 is 1.09 bits per heavy atom. The maximum atomic E-state index is 12.4. The van der Waals surface area contributed by atoms with Crippen LogP contribution in [0.4, 0.5) is 0 Å². The molecule has 5 nitrogen and oxygen atoms in total. The van der Waals surface area contributed by atoms with Crippen LogP contribution >= 0.6 is 0 Å². The fourth-order valence-corrected chi connectivity index (χ4v) is 9.29. The molecule has 3 fully saturated rings. The number of allylic oxidation sites excluding steroid dienone is 1. The van der Waals surface area contributed by atoms with E-state index in [9.17, 15) is 15.2 Å². The molecule has 194 valence electrons. The Kier molecular flexibility index (Phi) is 7.47. The first-order chi connectivity index (χ1) is 16.0. The highest BCUT2D eigenvalue weighted by Gasteiger charge is 2.60. The van der Waals surface area contributed by atoms with Crippen LogP contribution in [0, 0.1) is 51.5 Å². The third kappa shape index (κ3) is 4.56. The third-order valence-corrected chi connectivity index (χ3v) is 10.9. The second kappa shape index (κ2) is 9.76. The largest absolute Gasteiger partial charge is 0.734 e. The van der Waals surface area contributed by atoms with Gasteiger partial charge in [-0.3, -0.25) is 10.0 Å². The van der Waals surface area contributed by atoms with Crippen molar-refractivity contribution in [2.45, 2.75) is 118 Å². The van der Waals surface area contributed by atoms with Crippen LogP contribution in [0.5, 0.6) is 0 Å². The number of carbonyl (C=O) groups is 1. The standard InChI is InChI=1S/C29H48NO4/c1-18(2)8-7-9-19(3)23-10-11-24-22-17-27(30(32)33)26-16-21(34-20(4)31)12-14-29(26,6)25(22)13-15-28(23,24)5/h18-19,21-25,32H,7-17H2,1-6H3/q-1/t19-,21-,22+,23-,24-,25+,28+,29+/m0/s1. The number of hydroxylamine groups is 2. The van der Waals surface area contributed by atoms with Gasteiger partial charge in [-0.1, -0.05) is 53.9 Å². The van der Waals surface area contributed by atoms with E-state index in [1.807, 2.05) is 0 Å². The van der Waals surface area contributed by atoms with Crippen LogP contribution in [0.2, 0.25) is 0 Å². The minimum absolute atomic E-state index is 0.0808. The molecule has 0 spiro atoms. The molecule has 0 bridgehead atoms. The lowest BCUT2D eigenvalue weighted by molar-refractivity contribution is -0.149. The molecular weight excluding hydrogens is 426 g/mol. The van der Waals surface area contributed by atoms with E-state index >= 15 is 0 Å². The van der Waals surface area contributed by atoms with E-state index in [2.05, 4.69) is 34.6 Å². The molecule has 0 aromatic carbocycles. The van der Waals surface area contributed by atoms with E-state index in [1.54, 1.807) is 0 Å². The van der Waals surface area contributed by atoms with E-state index in [0.29, 0.717) is 41.7 Å². The Balaban J connectivity index is 1.57. The van der Waals surface area contributed by atoms with E-state index in [-0.39, 0.29) is 22.7 Å². The number of fused-ring (bicyclic) bond motifs is 5. The number of esters is 1. The average molecular weight is 475 g/mol. The molecule has 4 aliphatic rings. The van der Waals surface area contributed by atoms with Gasteiger partial charge in [-0.15, -0.1) is 0 Å². The summed E-state index contributed by atoms with van der Waals surface area (Å²) in [7, 11) is 0. The van der Waals surface area contributed by atoms with Gasteiger partial charge in [0, 0.05) is 19.0 Å². The Bertz CT molecular complexity index is 791. The number of nitrogens with zero attached hydrogens (tertiary/aromatic N) is 1. The normalized spacial score (nSPS) is 40.4. The molecule has 0 aromatic rings. The minimum atomic E-state index is -0.264. The summed E-state index contributed by atoms with van der Waals surface area (Å²) in [6.07, 6.45) is 11.9. The second-order valence-electron chi connectivity index (χ2n) is 13.2. The molecule has 4 rings (SSSR count). The SMILES string of the molecule is CC(=O)O[C@H]1CC[C@@]2(C)C(=C(N([O-])O)C[C@H]3[C@H]2CC[C@@]2(C)[C@H]3CC[C@H]2[C@@H](C)CCCC(C)C)C1. The molecule has 5 heteroatoms. The topological polar surface area (TPSA) is 72.8 Å². The van der Waals surface area contributed by atoms with Crippen molar-refractivity contribution in [3.63, 3.8) is 0 Å². The van der Waals surface area contributed by atoms with Crippen LogP contribution in [-0.4, -0.2) is 22.5 Å². The van der Waals surface area contributed by atoms with Gasteiger partial charge < -0.3 is 15.2 Å². The molecule has 0 aliphatic heterocycles. The first-order valence-electron chi connectivity index (χ1n) is 14.0. The maximum Gasteiger partial charge on any atom is 0.302 e. The summed E-state index contributed by atoms with van der Waals surface area (Å²) in [5, 5.41) is 22.8. The van der Waals surface area contributed by atoms with Crippen LogP contribution < -0.4 is 0 Å². The molecule has 0 aromatic heterocycles. The monoisotopic (exact) mass is 474 g/mol. The first-order valence-corrected chi connectivity index (χ1v) is 14.0. The van der Waals surface area contributed by atoms with Crippen LogP contribution in [-0.2, 0) is 9.53 Å². The van der Waals surface area contributed by atoms with Crippen LogP contribution in [0.3, 0.4) is 0 Å². The molecule has 0 saturated heterocycles. The Hall–Kier alpha value is -1.07. The van der Waals surface area contributed by atoms with Crippen molar-refractivity contribution < 1.29 is 14.7 Å². The average Bonchev–Trinajstić information content (AvgIpc) is 3.10. The molecular formula is C29H48NO4-. The summed E-state index contributed by atoms with van der Waals surface area (Å²) in [6, 6.07) is 0. The van der Waals surface area contributed by atoms with Gasteiger partial charge in [-0.05, 0) is 96.9 Å². The van der Waals surface area contributed by atoms with Gasteiger partial charge in [0.25, 0.3) is 0 Å². The summed E-state index contributed by atoms with van der Waals surface area (Å²) >= 11 is 0. The predicted molar refractivity (Wildman–Crippen MR) is 135 cm³/mol. The van der Waals surface area contributed by atoms with Crippen molar-refractivity contribution in [1.82, 2.24) is 5.23 Å². The molecule has 4 aliphatic carbocycles. The molecule has 0 heterocycles. The lowest BCUT2D eigenvalue weighted by Gasteiger charge is -2.60. The van der Waals surface area contributed by atoms with Crippen molar-refractivity contribution in [2.75, 3.05) is 0 Å². The molecule has 8 atom stereocenters. The Morgan fingerprint density at radius 3 is 2.47 bits per heavy atom. The number of hydrogen-bond acceptors (Lipinski definition) is 5. The van der Waals surface area contributed by atoms with Crippen molar-refractivity contribution in [1.29, 1.82) is 0 Å². The summed E-state index contributed by atoms with van der Waals surface area (Å²) in [5.74, 6) is 3.68. The molecule has 0 amide bonds. The van der Waals surface area contributed by atoms with Gasteiger partial charge in [0.2, 0.25) is 0 Å². The second-order valence-corrected chi connectivity index (χ2v) is 13.2. The zero-order chi connectivity index (χ0) is 24.8. The zero-order valence-electron chi connectivity index (χ0n) is 22.4. The number of hydrogen-bond donors (Lipinski definition) is 1. The fraction of sp³-hybridized carbons (Fsp3) is 0.897. The van der Waals surface area contributed by atoms with Gasteiger partial charge in [-0.25, -0.2) is 0 Å². The highest BCUT2D eigenvalue weighted by molar-refractivity contribution is 5.66. The zero-order valence-corrected chi connectivity index (χ0v) is 22.4. The maximum absolute atomic E-state index is 12.4. The third-order valence-electron chi connectivity index (χ3n) is 10.9. The Morgan fingerprint density at radius 2 is 1.82 bits per heavy atom. The summed E-state index contributed by atoms with van der Waals surface area (Å²) in [5.41, 5.74) is 1.89. The quantitative estimate of drug-likeness (QED) is 0.306. The number of rotatable bonds is 7. The van der Waals surface area contributed by atoms with Crippen molar-refractivity contribution in [3.8, 4) is 0 Å². The van der Waals surface area contributed by atoms with Gasteiger partial charge in [-0.2, -0.15) is 0 Å². The highest BCUT2D eigenvalue weighted by atomic mass is 16.8. The summed E-state index contributed by atoms with van der Waals surface area (Å²) in [4.78, 5) is 11.6. The first kappa shape index (κ1) is 26.0. The van der Waals surface area contributed by atoms with E-state index < -0.39 is 0 Å². The minimum Gasteiger partial charge on any atom is -0.734 e. The molecule has 0 unspecified atom stereocenters. The van der Waals surface area contributed by atoms with Crippen molar-refractivity contribution >= 4 is 5.97 Å². The summed E-state index contributed by atoms with van der Waals surface area (Å²) < 4.78 is 5.55.